The van der Waals surface area contributed by atoms with Crippen molar-refractivity contribution in [3.8, 4) is 5.75 Å². The van der Waals surface area contributed by atoms with Gasteiger partial charge in [-0.1, -0.05) is 26.5 Å². The highest BCUT2D eigenvalue weighted by Gasteiger charge is 2.18. The van der Waals surface area contributed by atoms with Crippen molar-refractivity contribution < 1.29 is 14.9 Å². The second kappa shape index (κ2) is 5.55. The molecule has 0 spiro atoms. The molecule has 2 N–H and O–H groups in total. The van der Waals surface area contributed by atoms with Crippen LogP contribution in [0.25, 0.3) is 11.8 Å². The van der Waals surface area contributed by atoms with Crippen LogP contribution in [-0.4, -0.2) is 16.8 Å². The normalized spacial score (nSPS) is 12.9. The minimum absolute atomic E-state index is 0.156. The van der Waals surface area contributed by atoms with Gasteiger partial charge in [0.25, 0.3) is 0 Å². The van der Waals surface area contributed by atoms with E-state index >= 15 is 0 Å². The van der Waals surface area contributed by atoms with Crippen molar-refractivity contribution in [2.75, 3.05) is 6.61 Å². The summed E-state index contributed by atoms with van der Waals surface area (Å²) in [6.45, 7) is 9.43. The Morgan fingerprint density at radius 2 is 1.94 bits per heavy atom. The zero-order valence-corrected chi connectivity index (χ0v) is 10.4. The third-order valence-electron chi connectivity index (χ3n) is 2.30. The number of aromatic hydroxyl groups is 1. The van der Waals surface area contributed by atoms with E-state index in [0.29, 0.717) is 17.1 Å². The van der Waals surface area contributed by atoms with Crippen LogP contribution in [0, 0.1) is 6.92 Å². The largest absolute Gasteiger partial charge is 0.507 e. The molecule has 0 aliphatic carbocycles. The van der Waals surface area contributed by atoms with Crippen molar-refractivity contribution in [2.24, 2.45) is 0 Å². The summed E-state index contributed by atoms with van der Waals surface area (Å²) in [4.78, 5) is 0. The summed E-state index contributed by atoms with van der Waals surface area (Å²) < 4.78 is 5.24. The number of hydrogen-bond acceptors (Lipinski definition) is 3. The van der Waals surface area contributed by atoms with Gasteiger partial charge in [0.1, 0.15) is 23.9 Å². The first-order valence-corrected chi connectivity index (χ1v) is 5.64. The summed E-state index contributed by atoms with van der Waals surface area (Å²) in [5.41, 5.74) is 2.38. The molecule has 0 unspecified atom stereocenters. The molecule has 0 fully saturated rings. The first-order chi connectivity index (χ1) is 8.11. The number of benzene rings is 1. The van der Waals surface area contributed by atoms with Gasteiger partial charge < -0.3 is 14.9 Å². The van der Waals surface area contributed by atoms with Crippen molar-refractivity contribution in [3.05, 3.63) is 41.2 Å². The zero-order chi connectivity index (χ0) is 13.0. The maximum atomic E-state index is 9.73. The minimum atomic E-state index is -0.173. The number of phenolic OH excluding ortho intramolecular Hbond substituents is 1. The third kappa shape index (κ3) is 2.68. The molecule has 3 heteroatoms. The molecule has 0 aromatic heterocycles. The Balaban J connectivity index is 0.000000686. The summed E-state index contributed by atoms with van der Waals surface area (Å²) >= 11 is 0. The van der Waals surface area contributed by atoms with E-state index in [1.54, 1.807) is 12.1 Å². The van der Waals surface area contributed by atoms with Gasteiger partial charge in [-0.3, -0.25) is 0 Å². The summed E-state index contributed by atoms with van der Waals surface area (Å²) in [5, 5.41) is 18.7. The molecule has 92 valence electrons. The van der Waals surface area contributed by atoms with E-state index in [2.05, 4.69) is 6.58 Å². The molecule has 1 aromatic carbocycles. The van der Waals surface area contributed by atoms with Crippen molar-refractivity contribution in [1.82, 2.24) is 0 Å². The maximum Gasteiger partial charge on any atom is 0.131 e. The maximum absolute atomic E-state index is 9.73. The fourth-order valence-corrected chi connectivity index (χ4v) is 1.70. The topological polar surface area (TPSA) is 49.7 Å². The fraction of sp³-hybridized carbons (Fsp3) is 0.286. The molecular formula is C14H18O3. The van der Waals surface area contributed by atoms with E-state index in [1.807, 2.05) is 26.8 Å². The van der Waals surface area contributed by atoms with Crippen LogP contribution in [0.4, 0.5) is 0 Å². The van der Waals surface area contributed by atoms with Crippen LogP contribution in [0.2, 0.25) is 0 Å². The molecule has 0 amide bonds. The lowest BCUT2D eigenvalue weighted by atomic mass is 9.99. The summed E-state index contributed by atoms with van der Waals surface area (Å²) in [7, 11) is 0. The molecule has 17 heavy (non-hydrogen) atoms. The van der Waals surface area contributed by atoms with Gasteiger partial charge >= 0.3 is 0 Å². The fourth-order valence-electron chi connectivity index (χ4n) is 1.70. The van der Waals surface area contributed by atoms with Gasteiger partial charge in [0.05, 0.1) is 5.56 Å². The SMILES string of the molecule is C=C1OC(CO)=Cc2cc(C)cc(O)c21.CC. The molecule has 2 rings (SSSR count). The molecule has 0 bridgehead atoms. The first-order valence-electron chi connectivity index (χ1n) is 5.64. The second-order valence-electron chi connectivity index (χ2n) is 3.54. The van der Waals surface area contributed by atoms with E-state index < -0.39 is 0 Å². The second-order valence-corrected chi connectivity index (χ2v) is 3.54. The molecule has 1 aliphatic heterocycles. The lowest BCUT2D eigenvalue weighted by Gasteiger charge is -2.20. The summed E-state index contributed by atoms with van der Waals surface area (Å²) in [5.74, 6) is 0.967. The van der Waals surface area contributed by atoms with E-state index in [9.17, 15) is 5.11 Å². The summed E-state index contributed by atoms with van der Waals surface area (Å²) in [6, 6.07) is 3.57. The zero-order valence-electron chi connectivity index (χ0n) is 10.4. The number of hydrogen-bond donors (Lipinski definition) is 2. The Morgan fingerprint density at radius 3 is 2.53 bits per heavy atom. The molecule has 0 radical (unpaired) electrons. The third-order valence-corrected chi connectivity index (χ3v) is 2.30. The van der Waals surface area contributed by atoms with Crippen LogP contribution in [0.1, 0.15) is 30.5 Å². The molecule has 3 nitrogen and oxygen atoms in total. The molecule has 0 saturated carbocycles. The van der Waals surface area contributed by atoms with E-state index in [-0.39, 0.29) is 12.4 Å². The average Bonchev–Trinajstić information content (AvgIpc) is 2.29. The van der Waals surface area contributed by atoms with E-state index in [1.165, 1.54) is 0 Å². The van der Waals surface area contributed by atoms with Crippen LogP contribution >= 0.6 is 0 Å². The predicted molar refractivity (Wildman–Crippen MR) is 69.4 cm³/mol. The molecule has 1 heterocycles. The van der Waals surface area contributed by atoms with Crippen LogP contribution in [-0.2, 0) is 4.74 Å². The molecule has 1 aliphatic rings. The smallest absolute Gasteiger partial charge is 0.131 e. The Hall–Kier alpha value is -1.74. The van der Waals surface area contributed by atoms with E-state index in [4.69, 9.17) is 9.84 Å². The lowest BCUT2D eigenvalue weighted by molar-refractivity contribution is 0.248. The number of rotatable bonds is 1. The van der Waals surface area contributed by atoms with Gasteiger partial charge in [0, 0.05) is 0 Å². The number of ether oxygens (including phenoxy) is 1. The molecular weight excluding hydrogens is 216 g/mol. The van der Waals surface area contributed by atoms with Crippen LogP contribution < -0.4 is 0 Å². The minimum Gasteiger partial charge on any atom is -0.507 e. The van der Waals surface area contributed by atoms with Crippen molar-refractivity contribution in [3.63, 3.8) is 0 Å². The van der Waals surface area contributed by atoms with Crippen molar-refractivity contribution in [2.45, 2.75) is 20.8 Å². The number of fused-ring (bicyclic) bond motifs is 1. The van der Waals surface area contributed by atoms with Crippen molar-refractivity contribution in [1.29, 1.82) is 0 Å². The summed E-state index contributed by atoms with van der Waals surface area (Å²) in [6.07, 6.45) is 1.71. The highest BCUT2D eigenvalue weighted by molar-refractivity contribution is 5.78. The van der Waals surface area contributed by atoms with Gasteiger partial charge in [-0.25, -0.2) is 0 Å². The number of aliphatic hydroxyl groups excluding tert-OH is 1. The van der Waals surface area contributed by atoms with Gasteiger partial charge in [0.15, 0.2) is 0 Å². The van der Waals surface area contributed by atoms with E-state index in [0.717, 1.165) is 11.1 Å². The monoisotopic (exact) mass is 234 g/mol. The quantitative estimate of drug-likeness (QED) is 0.785. The number of aliphatic hydroxyl groups is 1. The standard InChI is InChI=1S/C12H12O3.C2H6/c1-7-3-9-5-10(6-13)15-8(2)12(9)11(14)4-7;1-2/h3-5,13-14H,2,6H2,1H3;1-2H3. The lowest BCUT2D eigenvalue weighted by Crippen LogP contribution is -2.04. The van der Waals surface area contributed by atoms with Crippen molar-refractivity contribution >= 4 is 11.8 Å². The van der Waals surface area contributed by atoms with Gasteiger partial charge in [0.2, 0.25) is 0 Å². The van der Waals surface area contributed by atoms with Crippen LogP contribution in [0.5, 0.6) is 5.75 Å². The Kier molecular flexibility index (Phi) is 4.35. The molecule has 0 atom stereocenters. The average molecular weight is 234 g/mol. The van der Waals surface area contributed by atoms with Gasteiger partial charge in [-0.2, -0.15) is 0 Å². The molecule has 0 saturated heterocycles. The Morgan fingerprint density at radius 1 is 1.29 bits per heavy atom. The number of phenols is 1. The number of aryl methyl sites for hydroxylation is 1. The first kappa shape index (κ1) is 13.3. The molecule has 1 aromatic rings. The highest BCUT2D eigenvalue weighted by Crippen LogP contribution is 2.36. The Bertz CT molecular complexity index is 459. The van der Waals surface area contributed by atoms with Crippen LogP contribution in [0.3, 0.4) is 0 Å². The highest BCUT2D eigenvalue weighted by atomic mass is 16.5. The van der Waals surface area contributed by atoms with Gasteiger partial charge in [-0.05, 0) is 30.2 Å². The van der Waals surface area contributed by atoms with Crippen LogP contribution in [0.15, 0.2) is 24.5 Å². The van der Waals surface area contributed by atoms with Gasteiger partial charge in [-0.15, -0.1) is 0 Å². The Labute approximate surface area is 102 Å². The predicted octanol–water partition coefficient (Wildman–Crippen LogP) is 3.06.